The van der Waals surface area contributed by atoms with Crippen LogP contribution in [0.3, 0.4) is 0 Å². The molecule has 7 nitrogen and oxygen atoms in total. The Labute approximate surface area is 191 Å². The van der Waals surface area contributed by atoms with Gasteiger partial charge in [-0.05, 0) is 42.2 Å². The summed E-state index contributed by atoms with van der Waals surface area (Å²) in [7, 11) is 1.46. The Hall–Kier alpha value is -3.70. The van der Waals surface area contributed by atoms with Gasteiger partial charge in [0, 0.05) is 38.8 Å². The highest BCUT2D eigenvalue weighted by atomic mass is 19.1. The third-order valence-corrected chi connectivity index (χ3v) is 6.10. The Morgan fingerprint density at radius 2 is 1.91 bits per heavy atom. The van der Waals surface area contributed by atoms with E-state index < -0.39 is 5.69 Å². The van der Waals surface area contributed by atoms with E-state index in [1.165, 1.54) is 25.2 Å². The number of aromatic nitrogens is 2. The molecule has 8 heteroatoms. The molecule has 1 aliphatic heterocycles. The van der Waals surface area contributed by atoms with Gasteiger partial charge in [0.05, 0.1) is 18.2 Å². The van der Waals surface area contributed by atoms with E-state index in [-0.39, 0.29) is 24.0 Å². The van der Waals surface area contributed by atoms with Crippen molar-refractivity contribution in [3.63, 3.8) is 0 Å². The Morgan fingerprint density at radius 1 is 1.15 bits per heavy atom. The van der Waals surface area contributed by atoms with E-state index >= 15 is 0 Å². The Kier molecular flexibility index (Phi) is 6.71. The molecule has 0 spiro atoms. The molecular formula is C25H26FN5O2. The van der Waals surface area contributed by atoms with Crippen molar-refractivity contribution in [2.24, 2.45) is 7.05 Å². The maximum absolute atomic E-state index is 13.2. The van der Waals surface area contributed by atoms with E-state index in [2.05, 4.69) is 16.3 Å². The van der Waals surface area contributed by atoms with Gasteiger partial charge in [-0.3, -0.25) is 13.9 Å². The number of benzene rings is 2. The monoisotopic (exact) mass is 447 g/mol. The van der Waals surface area contributed by atoms with Crippen LogP contribution in [0.2, 0.25) is 0 Å². The third kappa shape index (κ3) is 5.04. The zero-order chi connectivity index (χ0) is 23.4. The van der Waals surface area contributed by atoms with Crippen molar-refractivity contribution >= 4 is 5.82 Å². The van der Waals surface area contributed by atoms with Gasteiger partial charge in [0.2, 0.25) is 0 Å². The molecule has 4 rings (SSSR count). The van der Waals surface area contributed by atoms with Gasteiger partial charge in [0.1, 0.15) is 11.6 Å². The number of hydrogen-bond donors (Lipinski definition) is 1. The molecule has 2 heterocycles. The highest BCUT2D eigenvalue weighted by Gasteiger charge is 2.23. The minimum absolute atomic E-state index is 0.155. The summed E-state index contributed by atoms with van der Waals surface area (Å²) >= 11 is 0. The van der Waals surface area contributed by atoms with Gasteiger partial charge in [-0.1, -0.05) is 30.3 Å². The highest BCUT2D eigenvalue weighted by Crippen LogP contribution is 2.20. The first-order chi connectivity index (χ1) is 16.0. The number of hydrogen-bond acceptors (Lipinski definition) is 5. The average Bonchev–Trinajstić information content (AvgIpc) is 2.84. The van der Waals surface area contributed by atoms with E-state index in [4.69, 9.17) is 0 Å². The molecule has 0 amide bonds. The van der Waals surface area contributed by atoms with E-state index in [9.17, 15) is 19.2 Å². The zero-order valence-electron chi connectivity index (χ0n) is 18.5. The first kappa shape index (κ1) is 22.5. The standard InChI is InChI=1S/C25H26FN5O2/c1-29-24(32)13-23(31(25(29)33)16-20-6-3-2-5-19(20)14-27)30-12-4-7-22(17-30)28-15-18-8-10-21(26)11-9-18/h2-3,5-6,8-11,13,22,28H,4,7,12,15-17H2,1H3/t22-/m1/s1. The van der Waals surface area contributed by atoms with Crippen molar-refractivity contribution < 1.29 is 4.39 Å². The predicted octanol–water partition coefficient (Wildman–Crippen LogP) is 2.36. The lowest BCUT2D eigenvalue weighted by Gasteiger charge is -2.36. The van der Waals surface area contributed by atoms with Crippen LogP contribution in [0.4, 0.5) is 10.2 Å². The van der Waals surface area contributed by atoms with Crippen LogP contribution in [-0.2, 0) is 20.1 Å². The van der Waals surface area contributed by atoms with Crippen LogP contribution >= 0.6 is 0 Å². The molecule has 3 aromatic rings. The molecular weight excluding hydrogens is 421 g/mol. The molecule has 1 aromatic heterocycles. The van der Waals surface area contributed by atoms with E-state index in [1.807, 2.05) is 12.1 Å². The first-order valence-corrected chi connectivity index (χ1v) is 11.0. The van der Waals surface area contributed by atoms with E-state index in [1.54, 1.807) is 28.8 Å². The largest absolute Gasteiger partial charge is 0.356 e. The third-order valence-electron chi connectivity index (χ3n) is 6.10. The molecule has 1 atom stereocenters. The fraction of sp³-hybridized carbons (Fsp3) is 0.320. The van der Waals surface area contributed by atoms with Crippen molar-refractivity contribution in [3.05, 3.63) is 97.9 Å². The van der Waals surface area contributed by atoms with Crippen molar-refractivity contribution in [3.8, 4) is 6.07 Å². The lowest BCUT2D eigenvalue weighted by Crippen LogP contribution is -2.49. The van der Waals surface area contributed by atoms with Crippen molar-refractivity contribution in [1.82, 2.24) is 14.5 Å². The summed E-state index contributed by atoms with van der Waals surface area (Å²) in [5.41, 5.74) is 1.45. The SMILES string of the molecule is Cn1c(=O)cc(N2CCC[C@@H](NCc3ccc(F)cc3)C2)n(Cc2ccccc2C#N)c1=O. The second-order valence-electron chi connectivity index (χ2n) is 8.33. The number of rotatable bonds is 6. The molecule has 0 unspecified atom stereocenters. The molecule has 1 N–H and O–H groups in total. The van der Waals surface area contributed by atoms with Crippen molar-refractivity contribution in [2.45, 2.75) is 32.0 Å². The fourth-order valence-corrected chi connectivity index (χ4v) is 4.22. The van der Waals surface area contributed by atoms with Crippen LogP contribution in [-0.4, -0.2) is 28.3 Å². The Balaban J connectivity index is 1.59. The van der Waals surface area contributed by atoms with Crippen LogP contribution in [0, 0.1) is 17.1 Å². The zero-order valence-corrected chi connectivity index (χ0v) is 18.5. The molecule has 0 saturated carbocycles. The number of piperidine rings is 1. The highest BCUT2D eigenvalue weighted by molar-refractivity contribution is 5.43. The summed E-state index contributed by atoms with van der Waals surface area (Å²) in [5.74, 6) is 0.299. The summed E-state index contributed by atoms with van der Waals surface area (Å²) in [6.45, 7) is 2.17. The minimum Gasteiger partial charge on any atom is -0.356 e. The second-order valence-corrected chi connectivity index (χ2v) is 8.33. The van der Waals surface area contributed by atoms with Gasteiger partial charge in [-0.25, -0.2) is 9.18 Å². The summed E-state index contributed by atoms with van der Waals surface area (Å²) in [6.07, 6.45) is 1.86. The average molecular weight is 448 g/mol. The molecule has 33 heavy (non-hydrogen) atoms. The Bertz CT molecular complexity index is 1290. The maximum Gasteiger partial charge on any atom is 0.332 e. The molecule has 170 valence electrons. The van der Waals surface area contributed by atoms with Gasteiger partial charge in [-0.2, -0.15) is 5.26 Å². The van der Waals surface area contributed by atoms with Crippen LogP contribution in [0.15, 0.2) is 64.2 Å². The molecule has 1 saturated heterocycles. The smallest absolute Gasteiger partial charge is 0.332 e. The number of halogens is 1. The van der Waals surface area contributed by atoms with Crippen LogP contribution in [0.5, 0.6) is 0 Å². The van der Waals surface area contributed by atoms with Gasteiger partial charge < -0.3 is 10.2 Å². The van der Waals surface area contributed by atoms with Gasteiger partial charge >= 0.3 is 5.69 Å². The summed E-state index contributed by atoms with van der Waals surface area (Å²) in [5, 5.41) is 13.0. The van der Waals surface area contributed by atoms with E-state index in [0.29, 0.717) is 24.5 Å². The molecule has 1 fully saturated rings. The van der Waals surface area contributed by atoms with Gasteiger partial charge in [-0.15, -0.1) is 0 Å². The number of anilines is 1. The normalized spacial score (nSPS) is 15.9. The Morgan fingerprint density at radius 3 is 2.67 bits per heavy atom. The van der Waals surface area contributed by atoms with Gasteiger partial charge in [0.15, 0.2) is 0 Å². The number of nitrogens with zero attached hydrogens (tertiary/aromatic N) is 4. The minimum atomic E-state index is -0.411. The summed E-state index contributed by atoms with van der Waals surface area (Å²) in [4.78, 5) is 27.6. The predicted molar refractivity (Wildman–Crippen MR) is 125 cm³/mol. The molecule has 1 aliphatic rings. The number of nitriles is 1. The van der Waals surface area contributed by atoms with Crippen LogP contribution in [0.1, 0.15) is 29.5 Å². The van der Waals surface area contributed by atoms with Crippen molar-refractivity contribution in [1.29, 1.82) is 5.26 Å². The molecule has 2 aromatic carbocycles. The van der Waals surface area contributed by atoms with Crippen LogP contribution in [0.25, 0.3) is 0 Å². The molecule has 0 bridgehead atoms. The summed E-state index contributed by atoms with van der Waals surface area (Å²) < 4.78 is 15.8. The molecule has 0 aliphatic carbocycles. The maximum atomic E-state index is 13.2. The first-order valence-electron chi connectivity index (χ1n) is 11.0. The molecule has 0 radical (unpaired) electrons. The fourth-order valence-electron chi connectivity index (χ4n) is 4.22. The van der Waals surface area contributed by atoms with Gasteiger partial charge in [0.25, 0.3) is 5.56 Å². The lowest BCUT2D eigenvalue weighted by atomic mass is 10.0. The van der Waals surface area contributed by atoms with Crippen molar-refractivity contribution in [2.75, 3.05) is 18.0 Å². The van der Waals surface area contributed by atoms with Crippen LogP contribution < -0.4 is 21.5 Å². The lowest BCUT2D eigenvalue weighted by molar-refractivity contribution is 0.415. The summed E-state index contributed by atoms with van der Waals surface area (Å²) in [6, 6.07) is 17.4. The topological polar surface area (TPSA) is 83.1 Å². The number of nitrogens with one attached hydrogen (secondary N) is 1. The second kappa shape index (κ2) is 9.84. The quantitative estimate of drug-likeness (QED) is 0.627. The van der Waals surface area contributed by atoms with E-state index in [0.717, 1.165) is 35.1 Å².